The molecule has 1 fully saturated rings. The first-order valence-corrected chi connectivity index (χ1v) is 14.0. The summed E-state index contributed by atoms with van der Waals surface area (Å²) in [6.45, 7) is 17.3. The van der Waals surface area contributed by atoms with Gasteiger partial charge in [-0.3, -0.25) is 4.90 Å². The lowest BCUT2D eigenvalue weighted by atomic mass is 9.78. The number of allylic oxidation sites excluding steroid dienone is 1. The number of ether oxygens (including phenoxy) is 1. The van der Waals surface area contributed by atoms with Gasteiger partial charge in [0.15, 0.2) is 0 Å². The Hall–Kier alpha value is -1.48. The minimum Gasteiger partial charge on any atom is -0.508 e. The molecule has 1 atom stereocenters. The van der Waals surface area contributed by atoms with Crippen LogP contribution in [0.5, 0.6) is 11.5 Å². The van der Waals surface area contributed by atoms with Crippen LogP contribution in [0.2, 0.25) is 0 Å². The van der Waals surface area contributed by atoms with Crippen LogP contribution in [0.15, 0.2) is 29.8 Å². The van der Waals surface area contributed by atoms with E-state index in [1.54, 1.807) is 11.6 Å². The summed E-state index contributed by atoms with van der Waals surface area (Å²) in [4.78, 5) is 2.64. The van der Waals surface area contributed by atoms with Crippen LogP contribution in [0, 0.1) is 11.8 Å². The molecule has 0 amide bonds. The molecule has 1 N–H and O–H groups in total. The predicted molar refractivity (Wildman–Crippen MR) is 145 cm³/mol. The van der Waals surface area contributed by atoms with E-state index in [1.807, 2.05) is 6.07 Å². The summed E-state index contributed by atoms with van der Waals surface area (Å²) in [5.74, 6) is 2.50. The molecule has 1 aromatic carbocycles. The van der Waals surface area contributed by atoms with Crippen LogP contribution in [-0.2, 0) is 5.41 Å². The van der Waals surface area contributed by atoms with E-state index in [0.717, 1.165) is 31.1 Å². The molecule has 34 heavy (non-hydrogen) atoms. The normalized spacial score (nSPS) is 20.9. The number of aromatic hydroxyl groups is 1. The largest absolute Gasteiger partial charge is 0.508 e. The first-order chi connectivity index (χ1) is 16.1. The molecule has 1 unspecified atom stereocenters. The number of benzene rings is 1. The van der Waals surface area contributed by atoms with Crippen molar-refractivity contribution in [2.45, 2.75) is 117 Å². The van der Waals surface area contributed by atoms with Crippen molar-refractivity contribution in [3.05, 3.63) is 35.4 Å². The van der Waals surface area contributed by atoms with Crippen molar-refractivity contribution >= 4 is 0 Å². The minimum atomic E-state index is -0.265. The van der Waals surface area contributed by atoms with Gasteiger partial charge in [0, 0.05) is 18.5 Å². The third kappa shape index (κ3) is 7.77. The molecule has 1 heterocycles. The van der Waals surface area contributed by atoms with Gasteiger partial charge < -0.3 is 9.84 Å². The Morgan fingerprint density at radius 1 is 1.00 bits per heavy atom. The SMILES string of the molecule is CCCCCCC(C)(C)c1cc(O)cc(OC(C)(C)C2CC=C(CN3CCC(C)CC3)CC2)c1. The van der Waals surface area contributed by atoms with Crippen LogP contribution in [0.25, 0.3) is 0 Å². The molecule has 0 spiro atoms. The monoisotopic (exact) mass is 469 g/mol. The second-order valence-electron chi connectivity index (χ2n) is 12.4. The average Bonchev–Trinajstić information content (AvgIpc) is 2.78. The molecule has 1 aliphatic carbocycles. The van der Waals surface area contributed by atoms with Gasteiger partial charge in [0.1, 0.15) is 17.1 Å². The maximum absolute atomic E-state index is 10.5. The second-order valence-corrected chi connectivity index (χ2v) is 12.4. The Bertz CT molecular complexity index is 802. The zero-order valence-corrected chi connectivity index (χ0v) is 23.0. The van der Waals surface area contributed by atoms with Crippen LogP contribution in [0.1, 0.15) is 111 Å². The molecule has 0 aromatic heterocycles. The summed E-state index contributed by atoms with van der Waals surface area (Å²) in [6, 6.07) is 5.89. The number of phenols is 1. The van der Waals surface area contributed by atoms with Crippen LogP contribution < -0.4 is 4.74 Å². The van der Waals surface area contributed by atoms with Gasteiger partial charge in [-0.25, -0.2) is 0 Å². The molecule has 1 saturated heterocycles. The lowest BCUT2D eigenvalue weighted by Gasteiger charge is -2.38. The first-order valence-electron chi connectivity index (χ1n) is 14.0. The third-order valence-electron chi connectivity index (χ3n) is 8.50. The first kappa shape index (κ1) is 27.1. The lowest BCUT2D eigenvalue weighted by molar-refractivity contribution is 0.0374. The fourth-order valence-electron chi connectivity index (χ4n) is 5.73. The Balaban J connectivity index is 1.59. The summed E-state index contributed by atoms with van der Waals surface area (Å²) < 4.78 is 6.60. The number of hydrogen-bond donors (Lipinski definition) is 1. The highest BCUT2D eigenvalue weighted by atomic mass is 16.5. The highest BCUT2D eigenvalue weighted by Gasteiger charge is 2.33. The molecule has 3 rings (SSSR count). The van der Waals surface area contributed by atoms with E-state index >= 15 is 0 Å². The van der Waals surface area contributed by atoms with E-state index < -0.39 is 0 Å². The van der Waals surface area contributed by atoms with Crippen molar-refractivity contribution in [3.63, 3.8) is 0 Å². The van der Waals surface area contributed by atoms with Gasteiger partial charge in [-0.05, 0) is 94.5 Å². The summed E-state index contributed by atoms with van der Waals surface area (Å²) in [5.41, 5.74) is 2.56. The van der Waals surface area contributed by atoms with Crippen molar-refractivity contribution in [1.82, 2.24) is 4.90 Å². The van der Waals surface area contributed by atoms with Gasteiger partial charge in [-0.1, -0.05) is 65.0 Å². The minimum absolute atomic E-state index is 0.0312. The Morgan fingerprint density at radius 3 is 2.38 bits per heavy atom. The molecule has 0 bridgehead atoms. The summed E-state index contributed by atoms with van der Waals surface area (Å²) >= 11 is 0. The molecule has 3 heteroatoms. The number of nitrogens with zero attached hydrogens (tertiary/aromatic N) is 1. The highest BCUT2D eigenvalue weighted by molar-refractivity contribution is 5.41. The van der Waals surface area contributed by atoms with Crippen molar-refractivity contribution in [1.29, 1.82) is 0 Å². The number of phenolic OH excluding ortho intramolecular Hbond substituents is 1. The lowest BCUT2D eigenvalue weighted by Crippen LogP contribution is -2.39. The maximum Gasteiger partial charge on any atom is 0.124 e. The van der Waals surface area contributed by atoms with Crippen molar-refractivity contribution in [2.24, 2.45) is 11.8 Å². The average molecular weight is 470 g/mol. The summed E-state index contributed by atoms with van der Waals surface area (Å²) in [6.07, 6.45) is 14.8. The molecular formula is C31H51NO2. The molecule has 3 nitrogen and oxygen atoms in total. The highest BCUT2D eigenvalue weighted by Crippen LogP contribution is 2.39. The zero-order chi connectivity index (χ0) is 24.8. The van der Waals surface area contributed by atoms with Crippen molar-refractivity contribution in [3.8, 4) is 11.5 Å². The van der Waals surface area contributed by atoms with Gasteiger partial charge >= 0.3 is 0 Å². The zero-order valence-electron chi connectivity index (χ0n) is 23.0. The number of piperidine rings is 1. The van der Waals surface area contributed by atoms with Crippen LogP contribution >= 0.6 is 0 Å². The summed E-state index contributed by atoms with van der Waals surface area (Å²) in [7, 11) is 0. The molecule has 0 saturated carbocycles. The fourth-order valence-corrected chi connectivity index (χ4v) is 5.73. The Labute approximate surface area is 210 Å². The van der Waals surface area contributed by atoms with Crippen LogP contribution in [0.3, 0.4) is 0 Å². The van der Waals surface area contributed by atoms with Gasteiger partial charge in [0.25, 0.3) is 0 Å². The van der Waals surface area contributed by atoms with E-state index in [1.165, 1.54) is 70.0 Å². The van der Waals surface area contributed by atoms with E-state index in [9.17, 15) is 5.11 Å². The molecule has 2 aliphatic rings. The molecule has 0 radical (unpaired) electrons. The maximum atomic E-state index is 10.5. The van der Waals surface area contributed by atoms with Gasteiger partial charge in [0.05, 0.1) is 0 Å². The number of hydrogen-bond acceptors (Lipinski definition) is 3. The quantitative estimate of drug-likeness (QED) is 0.261. The molecule has 192 valence electrons. The third-order valence-corrected chi connectivity index (χ3v) is 8.50. The van der Waals surface area contributed by atoms with Crippen LogP contribution in [0.4, 0.5) is 0 Å². The smallest absolute Gasteiger partial charge is 0.124 e. The molecule has 1 aliphatic heterocycles. The second kappa shape index (κ2) is 12.0. The molecular weight excluding hydrogens is 418 g/mol. The predicted octanol–water partition coefficient (Wildman–Crippen LogP) is 8.26. The standard InChI is InChI=1S/C31H51NO2/c1-7-8-9-10-17-30(3,4)27-20-28(33)22-29(21-27)34-31(5,6)26-13-11-25(12-14-26)23-32-18-15-24(2)16-19-32/h11,20-22,24,26,33H,7-10,12-19,23H2,1-6H3. The number of rotatable bonds is 11. The number of likely N-dealkylation sites (tertiary alicyclic amines) is 1. The van der Waals surface area contributed by atoms with E-state index in [0.29, 0.717) is 11.7 Å². The van der Waals surface area contributed by atoms with E-state index in [2.05, 4.69) is 58.6 Å². The summed E-state index contributed by atoms with van der Waals surface area (Å²) in [5, 5.41) is 10.5. The number of unbranched alkanes of at least 4 members (excludes halogenated alkanes) is 3. The topological polar surface area (TPSA) is 32.7 Å². The van der Waals surface area contributed by atoms with Crippen molar-refractivity contribution < 1.29 is 9.84 Å². The Morgan fingerprint density at radius 2 is 1.74 bits per heavy atom. The fraction of sp³-hybridized carbons (Fsp3) is 0.742. The van der Waals surface area contributed by atoms with E-state index in [4.69, 9.17) is 4.74 Å². The molecule has 1 aromatic rings. The van der Waals surface area contributed by atoms with Gasteiger partial charge in [-0.15, -0.1) is 0 Å². The Kier molecular flexibility index (Phi) is 9.55. The van der Waals surface area contributed by atoms with Gasteiger partial charge in [-0.2, -0.15) is 0 Å². The van der Waals surface area contributed by atoms with E-state index in [-0.39, 0.29) is 11.0 Å². The van der Waals surface area contributed by atoms with Crippen molar-refractivity contribution in [2.75, 3.05) is 19.6 Å². The van der Waals surface area contributed by atoms with Crippen LogP contribution in [-0.4, -0.2) is 35.2 Å². The van der Waals surface area contributed by atoms with Gasteiger partial charge in [0.2, 0.25) is 0 Å².